The van der Waals surface area contributed by atoms with Gasteiger partial charge in [-0.1, -0.05) is 13.0 Å². The van der Waals surface area contributed by atoms with Crippen molar-refractivity contribution in [3.63, 3.8) is 0 Å². The normalized spacial score (nSPS) is 11.4. The topological polar surface area (TPSA) is 78.8 Å². The van der Waals surface area contributed by atoms with Gasteiger partial charge in [0.25, 0.3) is 0 Å². The summed E-state index contributed by atoms with van der Waals surface area (Å²) in [5.74, 6) is 1.42. The van der Waals surface area contributed by atoms with Crippen molar-refractivity contribution < 1.29 is 9.84 Å². The quantitative estimate of drug-likeness (QED) is 0.463. The van der Waals surface area contributed by atoms with Gasteiger partial charge in [-0.2, -0.15) is 0 Å². The zero-order valence-electron chi connectivity index (χ0n) is 15.7. The van der Waals surface area contributed by atoms with Gasteiger partial charge in [-0.25, -0.2) is 9.98 Å². The molecule has 0 bridgehead atoms. The fraction of sp³-hybridized carbons (Fsp3) is 0.474. The average Bonchev–Trinajstić information content (AvgIpc) is 3.10. The van der Waals surface area contributed by atoms with Gasteiger partial charge in [0, 0.05) is 30.6 Å². The molecule has 6 nitrogen and oxygen atoms in total. The molecule has 142 valence electrons. The molecule has 1 aromatic heterocycles. The number of phenols is 1. The van der Waals surface area contributed by atoms with Gasteiger partial charge in [-0.15, -0.1) is 11.3 Å². The summed E-state index contributed by atoms with van der Waals surface area (Å²) in [6.07, 6.45) is 3.87. The number of nitrogens with one attached hydrogen (secondary N) is 2. The van der Waals surface area contributed by atoms with Crippen molar-refractivity contribution in [1.29, 1.82) is 0 Å². The van der Waals surface area contributed by atoms with E-state index in [0.717, 1.165) is 42.5 Å². The van der Waals surface area contributed by atoms with Crippen molar-refractivity contribution in [3.8, 4) is 11.5 Å². The lowest BCUT2D eigenvalue weighted by Crippen LogP contribution is -2.38. The van der Waals surface area contributed by atoms with Crippen molar-refractivity contribution in [2.75, 3.05) is 19.7 Å². The third-order valence-corrected chi connectivity index (χ3v) is 4.87. The first kappa shape index (κ1) is 20.0. The number of benzene rings is 1. The summed E-state index contributed by atoms with van der Waals surface area (Å²) < 4.78 is 5.42. The molecule has 0 atom stereocenters. The second-order valence-electron chi connectivity index (χ2n) is 5.68. The Kier molecular flexibility index (Phi) is 8.21. The molecule has 2 rings (SSSR count). The van der Waals surface area contributed by atoms with E-state index in [1.54, 1.807) is 17.4 Å². The maximum absolute atomic E-state index is 9.78. The highest BCUT2D eigenvalue weighted by molar-refractivity contribution is 7.11. The number of ether oxygens (including phenoxy) is 1. The molecule has 1 heterocycles. The van der Waals surface area contributed by atoms with Crippen LogP contribution in [0.15, 0.2) is 29.4 Å². The number of aryl methyl sites for hydroxylation is 1. The highest BCUT2D eigenvalue weighted by atomic mass is 32.1. The van der Waals surface area contributed by atoms with Crippen LogP contribution in [0.25, 0.3) is 0 Å². The van der Waals surface area contributed by atoms with Crippen LogP contribution >= 0.6 is 11.3 Å². The number of phenolic OH excluding ortho intramolecular Hbond substituents is 1. The number of thiazole rings is 1. The van der Waals surface area contributed by atoms with Crippen molar-refractivity contribution in [3.05, 3.63) is 39.8 Å². The molecule has 7 heteroatoms. The Hall–Kier alpha value is -2.28. The number of aromatic hydroxyl groups is 1. The number of hydrogen-bond donors (Lipinski definition) is 3. The molecule has 0 saturated carbocycles. The van der Waals surface area contributed by atoms with E-state index >= 15 is 0 Å². The minimum Gasteiger partial charge on any atom is -0.504 e. The first-order valence-electron chi connectivity index (χ1n) is 9.06. The van der Waals surface area contributed by atoms with E-state index < -0.39 is 0 Å². The van der Waals surface area contributed by atoms with Crippen LogP contribution in [-0.4, -0.2) is 35.7 Å². The van der Waals surface area contributed by atoms with E-state index in [-0.39, 0.29) is 5.75 Å². The van der Waals surface area contributed by atoms with Crippen molar-refractivity contribution in [2.24, 2.45) is 4.99 Å². The molecule has 0 aliphatic rings. The minimum absolute atomic E-state index is 0.152. The minimum atomic E-state index is 0.152. The molecule has 0 saturated heterocycles. The molecule has 0 amide bonds. The summed E-state index contributed by atoms with van der Waals surface area (Å²) >= 11 is 1.77. The summed E-state index contributed by atoms with van der Waals surface area (Å²) in [7, 11) is 0. The van der Waals surface area contributed by atoms with Gasteiger partial charge in [-0.3, -0.25) is 0 Å². The van der Waals surface area contributed by atoms with E-state index in [0.29, 0.717) is 18.9 Å². The van der Waals surface area contributed by atoms with E-state index in [2.05, 4.69) is 27.5 Å². The van der Waals surface area contributed by atoms with Gasteiger partial charge < -0.3 is 20.5 Å². The Morgan fingerprint density at radius 2 is 2.12 bits per heavy atom. The van der Waals surface area contributed by atoms with Gasteiger partial charge in [0.1, 0.15) is 0 Å². The zero-order valence-corrected chi connectivity index (χ0v) is 16.5. The van der Waals surface area contributed by atoms with E-state index in [1.807, 2.05) is 32.2 Å². The van der Waals surface area contributed by atoms with Crippen LogP contribution in [0.4, 0.5) is 0 Å². The Morgan fingerprint density at radius 1 is 1.27 bits per heavy atom. The highest BCUT2D eigenvalue weighted by Crippen LogP contribution is 2.27. The molecule has 2 aromatic rings. The summed E-state index contributed by atoms with van der Waals surface area (Å²) in [5, 5.41) is 17.5. The van der Waals surface area contributed by atoms with E-state index in [9.17, 15) is 5.11 Å². The molecular weight excluding hydrogens is 348 g/mol. The second-order valence-corrected chi connectivity index (χ2v) is 6.88. The smallest absolute Gasteiger partial charge is 0.191 e. The number of rotatable bonds is 9. The number of guanidine groups is 1. The summed E-state index contributed by atoms with van der Waals surface area (Å²) in [6.45, 7) is 8.67. The monoisotopic (exact) mass is 376 g/mol. The second kappa shape index (κ2) is 10.7. The molecule has 0 unspecified atom stereocenters. The molecule has 26 heavy (non-hydrogen) atoms. The Morgan fingerprint density at radius 3 is 2.81 bits per heavy atom. The molecule has 0 aliphatic heterocycles. The van der Waals surface area contributed by atoms with Crippen LogP contribution in [0.5, 0.6) is 11.5 Å². The van der Waals surface area contributed by atoms with Gasteiger partial charge in [0.05, 0.1) is 18.2 Å². The Labute approximate surface area is 159 Å². The van der Waals surface area contributed by atoms with E-state index in [1.165, 1.54) is 4.88 Å². The molecule has 0 aliphatic carbocycles. The SMILES string of the molecule is CCNC(=NCc1ccc(O)c(OCC)c1)NCCc1ncc(CC)s1. The summed E-state index contributed by atoms with van der Waals surface area (Å²) in [5.41, 5.74) is 0.982. The van der Waals surface area contributed by atoms with Crippen LogP contribution in [0, 0.1) is 0 Å². The van der Waals surface area contributed by atoms with Crippen molar-refractivity contribution in [1.82, 2.24) is 15.6 Å². The fourth-order valence-corrected chi connectivity index (χ4v) is 3.22. The summed E-state index contributed by atoms with van der Waals surface area (Å²) in [4.78, 5) is 10.4. The Bertz CT molecular complexity index is 715. The third-order valence-electron chi connectivity index (χ3n) is 3.67. The predicted molar refractivity (Wildman–Crippen MR) is 107 cm³/mol. The van der Waals surface area contributed by atoms with Crippen LogP contribution in [0.1, 0.15) is 36.2 Å². The van der Waals surface area contributed by atoms with E-state index in [4.69, 9.17) is 4.74 Å². The molecule has 0 fully saturated rings. The molecular formula is C19H28N4O2S. The van der Waals surface area contributed by atoms with Crippen LogP contribution < -0.4 is 15.4 Å². The van der Waals surface area contributed by atoms with Gasteiger partial charge in [0.2, 0.25) is 0 Å². The lowest BCUT2D eigenvalue weighted by molar-refractivity contribution is 0.318. The lowest BCUT2D eigenvalue weighted by atomic mass is 10.2. The number of aromatic nitrogens is 1. The van der Waals surface area contributed by atoms with Crippen LogP contribution in [-0.2, 0) is 19.4 Å². The van der Waals surface area contributed by atoms with Gasteiger partial charge in [-0.05, 0) is 38.0 Å². The lowest BCUT2D eigenvalue weighted by Gasteiger charge is -2.11. The average molecular weight is 377 g/mol. The maximum atomic E-state index is 9.78. The fourth-order valence-electron chi connectivity index (χ4n) is 2.35. The number of hydrogen-bond acceptors (Lipinski definition) is 5. The van der Waals surface area contributed by atoms with Gasteiger partial charge >= 0.3 is 0 Å². The standard InChI is InChI=1S/C19H28N4O2S/c1-4-15-13-22-18(26-15)9-10-21-19(20-5-2)23-12-14-7-8-16(24)17(11-14)25-6-3/h7-8,11,13,24H,4-6,9-10,12H2,1-3H3,(H2,20,21,23). The van der Waals surface area contributed by atoms with Crippen molar-refractivity contribution in [2.45, 2.75) is 40.2 Å². The first-order valence-corrected chi connectivity index (χ1v) is 9.88. The third kappa shape index (κ3) is 6.22. The van der Waals surface area contributed by atoms with Gasteiger partial charge in [0.15, 0.2) is 17.5 Å². The molecule has 0 radical (unpaired) electrons. The van der Waals surface area contributed by atoms with Crippen LogP contribution in [0.3, 0.4) is 0 Å². The van der Waals surface area contributed by atoms with Crippen molar-refractivity contribution >= 4 is 17.3 Å². The first-order chi connectivity index (χ1) is 12.7. The number of nitrogens with zero attached hydrogens (tertiary/aromatic N) is 2. The molecule has 3 N–H and O–H groups in total. The largest absolute Gasteiger partial charge is 0.504 e. The highest BCUT2D eigenvalue weighted by Gasteiger charge is 2.05. The maximum Gasteiger partial charge on any atom is 0.191 e. The molecule has 1 aromatic carbocycles. The van der Waals surface area contributed by atoms with Crippen LogP contribution in [0.2, 0.25) is 0 Å². The molecule has 0 spiro atoms. The number of aliphatic imine (C=N–C) groups is 1. The predicted octanol–water partition coefficient (Wildman–Crippen LogP) is 3.11. The zero-order chi connectivity index (χ0) is 18.8. The summed E-state index contributed by atoms with van der Waals surface area (Å²) in [6, 6.07) is 5.32. The Balaban J connectivity index is 1.92.